The predicted octanol–water partition coefficient (Wildman–Crippen LogP) is 5.00. The number of hydrogen-bond donors (Lipinski definition) is 1. The van der Waals surface area contributed by atoms with Crippen molar-refractivity contribution in [2.45, 2.75) is 11.7 Å². The van der Waals surface area contributed by atoms with Crippen molar-refractivity contribution in [2.24, 2.45) is 0 Å². The molecule has 1 N–H and O–H groups in total. The highest BCUT2D eigenvalue weighted by molar-refractivity contribution is 7.98. The number of aromatic nitrogens is 2. The highest BCUT2D eigenvalue weighted by Crippen LogP contribution is 2.29. The van der Waals surface area contributed by atoms with E-state index in [2.05, 4.69) is 21.4 Å². The molecule has 6 heteroatoms. The number of rotatable bonds is 5. The van der Waals surface area contributed by atoms with Crippen LogP contribution in [0.25, 0.3) is 11.3 Å². The molecule has 0 aliphatic rings. The summed E-state index contributed by atoms with van der Waals surface area (Å²) in [7, 11) is 0. The van der Waals surface area contributed by atoms with Gasteiger partial charge >= 0.3 is 0 Å². The lowest BCUT2D eigenvalue weighted by atomic mass is 10.1. The highest BCUT2D eigenvalue weighted by atomic mass is 35.5. The third kappa shape index (κ3) is 4.11. The van der Waals surface area contributed by atoms with Crippen molar-refractivity contribution >= 4 is 29.2 Å². The summed E-state index contributed by atoms with van der Waals surface area (Å²) in [5.74, 6) is 0.538. The maximum atomic E-state index is 9.67. The second-order valence-electron chi connectivity index (χ2n) is 5.24. The van der Waals surface area contributed by atoms with Gasteiger partial charge in [0.25, 0.3) is 0 Å². The van der Waals surface area contributed by atoms with Gasteiger partial charge in [-0.2, -0.15) is 5.26 Å². The summed E-state index contributed by atoms with van der Waals surface area (Å²) in [6.45, 7) is 0.584. The van der Waals surface area contributed by atoms with Gasteiger partial charge in [0, 0.05) is 17.1 Å². The van der Waals surface area contributed by atoms with E-state index >= 15 is 0 Å². The lowest BCUT2D eigenvalue weighted by Gasteiger charge is -2.12. The number of nitriles is 1. The molecule has 3 aromatic rings. The van der Waals surface area contributed by atoms with Crippen molar-refractivity contribution in [3.8, 4) is 17.3 Å². The molecule has 2 aromatic carbocycles. The van der Waals surface area contributed by atoms with Gasteiger partial charge in [0.05, 0.1) is 5.69 Å². The van der Waals surface area contributed by atoms with E-state index in [1.807, 2.05) is 48.7 Å². The summed E-state index contributed by atoms with van der Waals surface area (Å²) >= 11 is 7.40. The Morgan fingerprint density at radius 2 is 1.80 bits per heavy atom. The van der Waals surface area contributed by atoms with Crippen LogP contribution >= 0.6 is 23.4 Å². The fourth-order valence-electron chi connectivity index (χ4n) is 2.36. The standard InChI is InChI=1S/C19H15ClN4S/c1-25-19-23-17(14-7-9-15(20)10-8-14)16(11-21)18(24-19)22-12-13-5-3-2-4-6-13/h2-10H,12H2,1H3,(H,22,23,24). The normalized spacial score (nSPS) is 10.3. The Bertz CT molecular complexity index is 905. The Labute approximate surface area is 155 Å². The minimum Gasteiger partial charge on any atom is -0.365 e. The molecule has 0 radical (unpaired) electrons. The highest BCUT2D eigenvalue weighted by Gasteiger charge is 2.16. The summed E-state index contributed by atoms with van der Waals surface area (Å²) in [6.07, 6.45) is 1.91. The van der Waals surface area contributed by atoms with E-state index in [9.17, 15) is 5.26 Å². The van der Waals surface area contributed by atoms with Crippen LogP contribution in [0.2, 0.25) is 5.02 Å². The molecule has 0 aliphatic heterocycles. The van der Waals surface area contributed by atoms with E-state index < -0.39 is 0 Å². The van der Waals surface area contributed by atoms with Gasteiger partial charge in [0.2, 0.25) is 0 Å². The zero-order valence-electron chi connectivity index (χ0n) is 13.5. The SMILES string of the molecule is CSc1nc(NCc2ccccc2)c(C#N)c(-c2ccc(Cl)cc2)n1. The largest absolute Gasteiger partial charge is 0.365 e. The summed E-state index contributed by atoms with van der Waals surface area (Å²) < 4.78 is 0. The molecule has 1 heterocycles. The van der Waals surface area contributed by atoms with E-state index in [1.165, 1.54) is 11.8 Å². The number of thioether (sulfide) groups is 1. The molecule has 0 saturated heterocycles. The van der Waals surface area contributed by atoms with Crippen LogP contribution in [0.15, 0.2) is 59.8 Å². The first-order chi connectivity index (χ1) is 12.2. The molecule has 25 heavy (non-hydrogen) atoms. The molecule has 0 amide bonds. The monoisotopic (exact) mass is 366 g/mol. The van der Waals surface area contributed by atoms with Crippen molar-refractivity contribution in [3.63, 3.8) is 0 Å². The third-order valence-electron chi connectivity index (χ3n) is 3.60. The smallest absolute Gasteiger partial charge is 0.189 e. The number of benzene rings is 2. The van der Waals surface area contributed by atoms with Gasteiger partial charge in [-0.05, 0) is 24.0 Å². The van der Waals surface area contributed by atoms with E-state index in [1.54, 1.807) is 12.1 Å². The van der Waals surface area contributed by atoms with E-state index in [0.717, 1.165) is 11.1 Å². The average Bonchev–Trinajstić information content (AvgIpc) is 2.67. The maximum Gasteiger partial charge on any atom is 0.189 e. The van der Waals surface area contributed by atoms with Crippen molar-refractivity contribution in [3.05, 3.63) is 70.7 Å². The average molecular weight is 367 g/mol. The molecule has 0 unspecified atom stereocenters. The molecule has 124 valence electrons. The molecule has 3 rings (SSSR count). The summed E-state index contributed by atoms with van der Waals surface area (Å²) in [4.78, 5) is 9.00. The van der Waals surface area contributed by atoms with Crippen molar-refractivity contribution < 1.29 is 0 Å². The molecule has 0 spiro atoms. The van der Waals surface area contributed by atoms with Crippen LogP contribution in [-0.2, 0) is 6.54 Å². The molecular formula is C19H15ClN4S. The van der Waals surface area contributed by atoms with Crippen LogP contribution in [0.5, 0.6) is 0 Å². The van der Waals surface area contributed by atoms with Crippen LogP contribution in [0, 0.1) is 11.3 Å². The van der Waals surface area contributed by atoms with Gasteiger partial charge in [-0.25, -0.2) is 9.97 Å². The van der Waals surface area contributed by atoms with Crippen molar-refractivity contribution in [1.29, 1.82) is 5.26 Å². The van der Waals surface area contributed by atoms with Crippen LogP contribution < -0.4 is 5.32 Å². The minimum atomic E-state index is 0.427. The quantitative estimate of drug-likeness (QED) is 0.508. The fraction of sp³-hybridized carbons (Fsp3) is 0.105. The number of nitrogens with zero attached hydrogens (tertiary/aromatic N) is 3. The van der Waals surface area contributed by atoms with Gasteiger partial charge in [0.1, 0.15) is 17.5 Å². The molecule has 0 atom stereocenters. The molecule has 1 aromatic heterocycles. The van der Waals surface area contributed by atoms with Gasteiger partial charge < -0.3 is 5.32 Å². The Morgan fingerprint density at radius 3 is 2.44 bits per heavy atom. The van der Waals surface area contributed by atoms with Crippen molar-refractivity contribution in [2.75, 3.05) is 11.6 Å². The van der Waals surface area contributed by atoms with Gasteiger partial charge in [-0.1, -0.05) is 65.8 Å². The van der Waals surface area contributed by atoms with Gasteiger partial charge in [-0.3, -0.25) is 0 Å². The van der Waals surface area contributed by atoms with Crippen molar-refractivity contribution in [1.82, 2.24) is 9.97 Å². The summed E-state index contributed by atoms with van der Waals surface area (Å²) in [5, 5.41) is 14.2. The third-order valence-corrected chi connectivity index (χ3v) is 4.40. The maximum absolute atomic E-state index is 9.67. The summed E-state index contributed by atoms with van der Waals surface area (Å²) in [5.41, 5.74) is 2.98. The molecule has 0 fully saturated rings. The Kier molecular flexibility index (Phi) is 5.54. The molecular weight excluding hydrogens is 352 g/mol. The van der Waals surface area contributed by atoms with Gasteiger partial charge in [0.15, 0.2) is 5.16 Å². The number of nitrogens with one attached hydrogen (secondary N) is 1. The molecule has 0 aliphatic carbocycles. The molecule has 0 bridgehead atoms. The van der Waals surface area contributed by atoms with E-state index in [0.29, 0.717) is 33.8 Å². The molecule has 0 saturated carbocycles. The van der Waals surface area contributed by atoms with Crippen LogP contribution in [0.4, 0.5) is 5.82 Å². The first-order valence-electron chi connectivity index (χ1n) is 7.61. The topological polar surface area (TPSA) is 61.6 Å². The Hall–Kier alpha value is -2.55. The summed E-state index contributed by atoms with van der Waals surface area (Å²) in [6, 6.07) is 19.5. The first-order valence-corrected chi connectivity index (χ1v) is 9.21. The van der Waals surface area contributed by atoms with E-state index in [4.69, 9.17) is 11.6 Å². The fourth-order valence-corrected chi connectivity index (χ4v) is 2.85. The minimum absolute atomic E-state index is 0.427. The molecule has 4 nitrogen and oxygen atoms in total. The Balaban J connectivity index is 2.01. The van der Waals surface area contributed by atoms with Crippen LogP contribution in [0.3, 0.4) is 0 Å². The number of anilines is 1. The van der Waals surface area contributed by atoms with Crippen LogP contribution in [-0.4, -0.2) is 16.2 Å². The zero-order chi connectivity index (χ0) is 17.6. The number of halogens is 1. The second kappa shape index (κ2) is 8.02. The number of hydrogen-bond acceptors (Lipinski definition) is 5. The second-order valence-corrected chi connectivity index (χ2v) is 6.45. The Morgan fingerprint density at radius 1 is 1.08 bits per heavy atom. The zero-order valence-corrected chi connectivity index (χ0v) is 15.1. The van der Waals surface area contributed by atoms with Crippen LogP contribution in [0.1, 0.15) is 11.1 Å². The van der Waals surface area contributed by atoms with Gasteiger partial charge in [-0.15, -0.1) is 0 Å². The lowest BCUT2D eigenvalue weighted by molar-refractivity contribution is 0.955. The predicted molar refractivity (Wildman–Crippen MR) is 103 cm³/mol. The van der Waals surface area contributed by atoms with E-state index in [-0.39, 0.29) is 0 Å². The lowest BCUT2D eigenvalue weighted by Crippen LogP contribution is -2.07. The first kappa shape index (κ1) is 17.3.